The van der Waals surface area contributed by atoms with E-state index in [1.165, 1.54) is 41.0 Å². The summed E-state index contributed by atoms with van der Waals surface area (Å²) in [6, 6.07) is 13.4. The van der Waals surface area contributed by atoms with Crippen molar-refractivity contribution in [2.75, 3.05) is 4.90 Å². The Bertz CT molecular complexity index is 1340. The molecule has 0 saturated heterocycles. The van der Waals surface area contributed by atoms with Gasteiger partial charge in [-0.2, -0.15) is 0 Å². The van der Waals surface area contributed by atoms with Crippen LogP contribution in [0.5, 0.6) is 0 Å². The third-order valence-electron chi connectivity index (χ3n) is 4.76. The van der Waals surface area contributed by atoms with Crippen LogP contribution in [0, 0.1) is 5.82 Å². The van der Waals surface area contributed by atoms with Crippen LogP contribution in [0.2, 0.25) is 0 Å². The lowest BCUT2D eigenvalue weighted by atomic mass is 10.2. The Morgan fingerprint density at radius 3 is 2.66 bits per heavy atom. The number of halogens is 1. The van der Waals surface area contributed by atoms with Gasteiger partial charge in [0.25, 0.3) is 5.56 Å². The standard InChI is InChI=1S/C23H21FN4O2S2/c1-3-12-27-21(30)17-8-4-6-10-19(17)26-22(27)31-13-16-14-32-23(25-16)28(15(2)29)20-11-7-5-9-18(20)24/h4-11,14H,3,12-13H2,1-2H3. The number of thiazole rings is 1. The first-order valence-electron chi connectivity index (χ1n) is 10.1. The van der Waals surface area contributed by atoms with Crippen LogP contribution in [-0.4, -0.2) is 20.4 Å². The predicted octanol–water partition coefficient (Wildman–Crippen LogP) is 5.38. The quantitative estimate of drug-likeness (QED) is 0.269. The maximum atomic E-state index is 14.3. The Morgan fingerprint density at radius 2 is 1.91 bits per heavy atom. The molecule has 1 amide bonds. The molecule has 4 aromatic rings. The first-order valence-corrected chi connectivity index (χ1v) is 12.0. The van der Waals surface area contributed by atoms with Gasteiger partial charge in [-0.05, 0) is 30.7 Å². The summed E-state index contributed by atoms with van der Waals surface area (Å²) in [5, 5.41) is 3.46. The van der Waals surface area contributed by atoms with Gasteiger partial charge in [-0.1, -0.05) is 43.0 Å². The summed E-state index contributed by atoms with van der Waals surface area (Å²) in [6.07, 6.45) is 0.810. The van der Waals surface area contributed by atoms with E-state index in [9.17, 15) is 14.0 Å². The van der Waals surface area contributed by atoms with Crippen LogP contribution in [0.1, 0.15) is 26.0 Å². The molecule has 0 atom stereocenters. The van der Waals surface area contributed by atoms with Crippen molar-refractivity contribution < 1.29 is 9.18 Å². The molecule has 32 heavy (non-hydrogen) atoms. The van der Waals surface area contributed by atoms with Gasteiger partial charge < -0.3 is 0 Å². The molecule has 0 bridgehead atoms. The van der Waals surface area contributed by atoms with E-state index in [4.69, 9.17) is 0 Å². The Morgan fingerprint density at radius 1 is 1.16 bits per heavy atom. The largest absolute Gasteiger partial charge is 0.287 e. The Labute approximate surface area is 192 Å². The first-order chi connectivity index (χ1) is 15.5. The number of rotatable bonds is 7. The van der Waals surface area contributed by atoms with Gasteiger partial charge in [0, 0.05) is 24.6 Å². The number of hydrogen-bond acceptors (Lipinski definition) is 6. The molecule has 0 unspecified atom stereocenters. The molecule has 2 aromatic carbocycles. The van der Waals surface area contributed by atoms with E-state index in [-0.39, 0.29) is 17.2 Å². The molecule has 164 valence electrons. The van der Waals surface area contributed by atoms with Crippen molar-refractivity contribution in [2.24, 2.45) is 0 Å². The molecule has 0 spiro atoms. The molecule has 0 fully saturated rings. The van der Waals surface area contributed by atoms with Crippen LogP contribution >= 0.6 is 23.1 Å². The van der Waals surface area contributed by atoms with Crippen LogP contribution in [0.15, 0.2) is 63.9 Å². The number of benzene rings is 2. The predicted molar refractivity (Wildman–Crippen MR) is 127 cm³/mol. The summed E-state index contributed by atoms with van der Waals surface area (Å²) in [7, 11) is 0. The summed E-state index contributed by atoms with van der Waals surface area (Å²) >= 11 is 2.69. The molecule has 0 aliphatic carbocycles. The van der Waals surface area contributed by atoms with Crippen LogP contribution in [0.4, 0.5) is 15.2 Å². The molecule has 4 rings (SSSR count). The third kappa shape index (κ3) is 4.44. The van der Waals surface area contributed by atoms with E-state index in [1.54, 1.807) is 28.8 Å². The number of anilines is 2. The number of fused-ring (bicyclic) bond motifs is 1. The van der Waals surface area contributed by atoms with Crippen LogP contribution in [-0.2, 0) is 17.1 Å². The van der Waals surface area contributed by atoms with Crippen molar-refractivity contribution in [1.29, 1.82) is 0 Å². The summed E-state index contributed by atoms with van der Waals surface area (Å²) < 4.78 is 16.0. The fourth-order valence-corrected chi connectivity index (χ4v) is 5.23. The lowest BCUT2D eigenvalue weighted by Gasteiger charge is -2.18. The number of carbonyl (C=O) groups is 1. The molecule has 0 saturated carbocycles. The monoisotopic (exact) mass is 468 g/mol. The molecular weight excluding hydrogens is 447 g/mol. The second-order valence-corrected chi connectivity index (χ2v) is 8.86. The van der Waals surface area contributed by atoms with Gasteiger partial charge in [-0.3, -0.25) is 19.1 Å². The fourth-order valence-electron chi connectivity index (χ4n) is 3.32. The Kier molecular flexibility index (Phi) is 6.66. The van der Waals surface area contributed by atoms with Crippen LogP contribution < -0.4 is 10.5 Å². The first kappa shape index (κ1) is 22.2. The summed E-state index contributed by atoms with van der Waals surface area (Å²) in [5.41, 5.74) is 1.50. The zero-order chi connectivity index (χ0) is 22.7. The number of amides is 1. The maximum Gasteiger partial charge on any atom is 0.262 e. The van der Waals surface area contributed by atoms with Gasteiger partial charge in [0.1, 0.15) is 5.82 Å². The van der Waals surface area contributed by atoms with E-state index >= 15 is 0 Å². The maximum absolute atomic E-state index is 14.3. The number of para-hydroxylation sites is 2. The second kappa shape index (κ2) is 9.62. The number of aromatic nitrogens is 3. The van der Waals surface area contributed by atoms with E-state index < -0.39 is 5.82 Å². The molecule has 0 N–H and O–H groups in total. The van der Waals surface area contributed by atoms with Gasteiger partial charge in [0.05, 0.1) is 22.3 Å². The molecular formula is C23H21FN4O2S2. The van der Waals surface area contributed by atoms with Crippen molar-refractivity contribution >= 4 is 50.7 Å². The summed E-state index contributed by atoms with van der Waals surface area (Å²) in [5.74, 6) is -0.344. The lowest BCUT2D eigenvalue weighted by molar-refractivity contribution is -0.115. The molecule has 0 aliphatic rings. The minimum absolute atomic E-state index is 0.0544. The molecule has 0 radical (unpaired) electrons. The van der Waals surface area contributed by atoms with Crippen LogP contribution in [0.25, 0.3) is 10.9 Å². The van der Waals surface area contributed by atoms with E-state index in [2.05, 4.69) is 9.97 Å². The van der Waals surface area contributed by atoms with E-state index in [1.807, 2.05) is 30.5 Å². The number of thioether (sulfide) groups is 1. The van der Waals surface area contributed by atoms with Crippen molar-refractivity contribution in [1.82, 2.24) is 14.5 Å². The van der Waals surface area contributed by atoms with E-state index in [0.717, 1.165) is 12.1 Å². The lowest BCUT2D eigenvalue weighted by Crippen LogP contribution is -2.23. The summed E-state index contributed by atoms with van der Waals surface area (Å²) in [6.45, 7) is 3.97. The smallest absolute Gasteiger partial charge is 0.262 e. The van der Waals surface area contributed by atoms with E-state index in [0.29, 0.717) is 33.5 Å². The van der Waals surface area contributed by atoms with Crippen molar-refractivity contribution in [3.8, 4) is 0 Å². The zero-order valence-electron chi connectivity index (χ0n) is 17.6. The minimum Gasteiger partial charge on any atom is -0.287 e. The highest BCUT2D eigenvalue weighted by Gasteiger charge is 2.21. The van der Waals surface area contributed by atoms with Gasteiger partial charge in [0.15, 0.2) is 10.3 Å². The fraction of sp³-hybridized carbons (Fsp3) is 0.217. The third-order valence-corrected chi connectivity index (χ3v) is 6.65. The number of nitrogens with zero attached hydrogens (tertiary/aromatic N) is 4. The van der Waals surface area contributed by atoms with Gasteiger partial charge in [-0.15, -0.1) is 11.3 Å². The highest BCUT2D eigenvalue weighted by atomic mass is 32.2. The Balaban J connectivity index is 1.61. The highest BCUT2D eigenvalue weighted by Crippen LogP contribution is 2.32. The van der Waals surface area contributed by atoms with Gasteiger partial charge >= 0.3 is 0 Å². The second-order valence-electron chi connectivity index (χ2n) is 7.08. The van der Waals surface area contributed by atoms with Gasteiger partial charge in [-0.25, -0.2) is 14.4 Å². The molecule has 2 heterocycles. The Hall–Kier alpha value is -3.04. The van der Waals surface area contributed by atoms with Gasteiger partial charge in [0.2, 0.25) is 5.91 Å². The number of hydrogen-bond donors (Lipinski definition) is 0. The molecule has 6 nitrogen and oxygen atoms in total. The highest BCUT2D eigenvalue weighted by molar-refractivity contribution is 7.98. The minimum atomic E-state index is -0.488. The average Bonchev–Trinajstić information content (AvgIpc) is 3.24. The van der Waals surface area contributed by atoms with Crippen molar-refractivity contribution in [3.63, 3.8) is 0 Å². The number of carbonyl (C=O) groups excluding carboxylic acids is 1. The van der Waals surface area contributed by atoms with Crippen molar-refractivity contribution in [3.05, 3.63) is 75.8 Å². The van der Waals surface area contributed by atoms with Crippen molar-refractivity contribution in [2.45, 2.75) is 37.7 Å². The molecule has 2 aromatic heterocycles. The van der Waals surface area contributed by atoms with Crippen LogP contribution in [0.3, 0.4) is 0 Å². The summed E-state index contributed by atoms with van der Waals surface area (Å²) in [4.78, 5) is 35.7. The average molecular weight is 469 g/mol. The molecule has 9 heteroatoms. The zero-order valence-corrected chi connectivity index (χ0v) is 19.3. The SMILES string of the molecule is CCCn1c(SCc2csc(N(C(C)=O)c3ccccc3F)n2)nc2ccccc2c1=O. The normalized spacial score (nSPS) is 11.1. The topological polar surface area (TPSA) is 68.1 Å². The molecule has 0 aliphatic heterocycles.